The van der Waals surface area contributed by atoms with E-state index in [1.807, 2.05) is 50.2 Å². The highest BCUT2D eigenvalue weighted by Gasteiger charge is 2.22. The Labute approximate surface area is 145 Å². The summed E-state index contributed by atoms with van der Waals surface area (Å²) in [4.78, 5) is 12.5. The van der Waals surface area contributed by atoms with E-state index in [4.69, 9.17) is 4.74 Å². The molecule has 3 nitrogen and oxygen atoms in total. The second-order valence-corrected chi connectivity index (χ2v) is 7.37. The first-order valence-electron chi connectivity index (χ1n) is 8.32. The molecule has 1 unspecified atom stereocenters. The lowest BCUT2D eigenvalue weighted by atomic mass is 9.86. The van der Waals surface area contributed by atoms with Crippen LogP contribution in [0.3, 0.4) is 0 Å². The first kappa shape index (κ1) is 18.1. The van der Waals surface area contributed by atoms with Crippen LogP contribution in [0, 0.1) is 13.8 Å². The van der Waals surface area contributed by atoms with Gasteiger partial charge in [-0.25, -0.2) is 0 Å². The van der Waals surface area contributed by atoms with Crippen molar-refractivity contribution in [3.8, 4) is 5.75 Å². The zero-order chi connectivity index (χ0) is 17.9. The van der Waals surface area contributed by atoms with Crippen LogP contribution in [0.4, 0.5) is 5.69 Å². The second-order valence-electron chi connectivity index (χ2n) is 7.37. The fraction of sp³-hybridized carbons (Fsp3) is 0.381. The van der Waals surface area contributed by atoms with Crippen molar-refractivity contribution >= 4 is 11.6 Å². The van der Waals surface area contributed by atoms with E-state index in [0.29, 0.717) is 0 Å². The Morgan fingerprint density at radius 3 is 2.21 bits per heavy atom. The third-order valence-electron chi connectivity index (χ3n) is 3.86. The lowest BCUT2D eigenvalue weighted by Gasteiger charge is -2.24. The zero-order valence-electron chi connectivity index (χ0n) is 15.4. The Hall–Kier alpha value is -2.29. The van der Waals surface area contributed by atoms with Gasteiger partial charge in [0.2, 0.25) is 0 Å². The molecule has 1 amide bonds. The molecular weight excluding hydrogens is 298 g/mol. The number of nitrogens with one attached hydrogen (secondary N) is 1. The molecule has 128 valence electrons. The van der Waals surface area contributed by atoms with Crippen molar-refractivity contribution in [2.24, 2.45) is 0 Å². The molecule has 2 aromatic carbocycles. The van der Waals surface area contributed by atoms with Gasteiger partial charge >= 0.3 is 0 Å². The second kappa shape index (κ2) is 7.08. The summed E-state index contributed by atoms with van der Waals surface area (Å²) in [7, 11) is 0. The number of carbonyl (C=O) groups excluding carboxylic acids is 1. The highest BCUT2D eigenvalue weighted by molar-refractivity contribution is 5.94. The molecule has 0 aromatic heterocycles. The minimum Gasteiger partial charge on any atom is -0.481 e. The Kier molecular flexibility index (Phi) is 5.33. The number of benzene rings is 2. The smallest absolute Gasteiger partial charge is 0.265 e. The topological polar surface area (TPSA) is 38.3 Å². The first-order valence-corrected chi connectivity index (χ1v) is 8.32. The Morgan fingerprint density at radius 1 is 1.04 bits per heavy atom. The van der Waals surface area contributed by atoms with Gasteiger partial charge in [-0.3, -0.25) is 4.79 Å². The van der Waals surface area contributed by atoms with Crippen LogP contribution in [0.25, 0.3) is 0 Å². The zero-order valence-corrected chi connectivity index (χ0v) is 15.4. The van der Waals surface area contributed by atoms with Crippen molar-refractivity contribution in [2.45, 2.75) is 53.1 Å². The number of aryl methyl sites for hydroxylation is 2. The van der Waals surface area contributed by atoms with Crippen LogP contribution < -0.4 is 10.1 Å². The van der Waals surface area contributed by atoms with Gasteiger partial charge in [0.05, 0.1) is 0 Å². The number of carbonyl (C=O) groups is 1. The number of anilines is 1. The molecule has 0 spiro atoms. The van der Waals surface area contributed by atoms with Gasteiger partial charge in [0.25, 0.3) is 5.91 Å². The van der Waals surface area contributed by atoms with Crippen LogP contribution in [0.5, 0.6) is 5.75 Å². The molecular formula is C21H27NO2. The van der Waals surface area contributed by atoms with Crippen LogP contribution in [-0.2, 0) is 10.2 Å². The quantitative estimate of drug-likeness (QED) is 0.858. The summed E-state index contributed by atoms with van der Waals surface area (Å²) in [5.74, 6) is 0.608. The molecule has 24 heavy (non-hydrogen) atoms. The van der Waals surface area contributed by atoms with Crippen LogP contribution >= 0.6 is 0 Å². The number of rotatable bonds is 4. The van der Waals surface area contributed by atoms with Crippen molar-refractivity contribution in [3.05, 3.63) is 59.2 Å². The normalized spacial score (nSPS) is 12.6. The van der Waals surface area contributed by atoms with E-state index >= 15 is 0 Å². The molecule has 0 heterocycles. The van der Waals surface area contributed by atoms with Crippen molar-refractivity contribution < 1.29 is 9.53 Å². The predicted molar refractivity (Wildman–Crippen MR) is 99.8 cm³/mol. The Balaban J connectivity index is 2.12. The van der Waals surface area contributed by atoms with Crippen molar-refractivity contribution in [1.29, 1.82) is 0 Å². The van der Waals surface area contributed by atoms with E-state index in [1.165, 1.54) is 0 Å². The van der Waals surface area contributed by atoms with Gasteiger partial charge in [0.1, 0.15) is 5.75 Å². The monoisotopic (exact) mass is 325 g/mol. The molecule has 0 radical (unpaired) electrons. The molecule has 2 rings (SSSR count). The average Bonchev–Trinajstić information content (AvgIpc) is 2.45. The molecule has 3 heteroatoms. The largest absolute Gasteiger partial charge is 0.481 e. The molecule has 1 N–H and O–H groups in total. The minimum absolute atomic E-state index is 0.0412. The Bertz CT molecular complexity index is 709. The molecule has 2 aromatic rings. The van der Waals surface area contributed by atoms with Crippen LogP contribution in [0.1, 0.15) is 44.4 Å². The molecule has 0 saturated carbocycles. The van der Waals surface area contributed by atoms with E-state index in [2.05, 4.69) is 32.2 Å². The maximum Gasteiger partial charge on any atom is 0.265 e. The maximum absolute atomic E-state index is 12.5. The highest BCUT2D eigenvalue weighted by Crippen LogP contribution is 2.31. The summed E-state index contributed by atoms with van der Waals surface area (Å²) >= 11 is 0. The van der Waals surface area contributed by atoms with Gasteiger partial charge in [0.15, 0.2) is 6.10 Å². The van der Waals surface area contributed by atoms with E-state index in [0.717, 1.165) is 28.1 Å². The SMILES string of the molecule is Cc1cc(C)cc(NC(=O)C(C)Oc2ccccc2C(C)(C)C)c1. The summed E-state index contributed by atoms with van der Waals surface area (Å²) in [5.41, 5.74) is 4.10. The predicted octanol–water partition coefficient (Wildman–Crippen LogP) is 5.01. The van der Waals surface area contributed by atoms with Gasteiger partial charge in [-0.15, -0.1) is 0 Å². The molecule has 1 atom stereocenters. The summed E-state index contributed by atoms with van der Waals surface area (Å²) in [5, 5.41) is 2.94. The highest BCUT2D eigenvalue weighted by atomic mass is 16.5. The van der Waals surface area contributed by atoms with Crippen LogP contribution in [-0.4, -0.2) is 12.0 Å². The molecule has 0 aliphatic heterocycles. The van der Waals surface area contributed by atoms with E-state index in [-0.39, 0.29) is 11.3 Å². The lowest BCUT2D eigenvalue weighted by molar-refractivity contribution is -0.122. The maximum atomic E-state index is 12.5. The minimum atomic E-state index is -0.575. The summed E-state index contributed by atoms with van der Waals surface area (Å²) in [6, 6.07) is 13.9. The first-order chi connectivity index (χ1) is 11.2. The van der Waals surface area contributed by atoms with Crippen LogP contribution in [0.2, 0.25) is 0 Å². The average molecular weight is 325 g/mol. The van der Waals surface area contributed by atoms with Gasteiger partial charge in [0, 0.05) is 5.69 Å². The van der Waals surface area contributed by atoms with Gasteiger partial charge in [-0.2, -0.15) is 0 Å². The van der Waals surface area contributed by atoms with Gasteiger partial charge in [-0.05, 0) is 61.1 Å². The third kappa shape index (κ3) is 4.60. The van der Waals surface area contributed by atoms with Crippen molar-refractivity contribution in [3.63, 3.8) is 0 Å². The number of ether oxygens (including phenoxy) is 1. The van der Waals surface area contributed by atoms with E-state index < -0.39 is 6.10 Å². The Morgan fingerprint density at radius 2 is 1.62 bits per heavy atom. The van der Waals surface area contributed by atoms with Crippen LogP contribution in [0.15, 0.2) is 42.5 Å². The fourth-order valence-corrected chi connectivity index (χ4v) is 2.72. The molecule has 0 saturated heterocycles. The molecule has 0 bridgehead atoms. The third-order valence-corrected chi connectivity index (χ3v) is 3.86. The van der Waals surface area contributed by atoms with Crippen molar-refractivity contribution in [2.75, 3.05) is 5.32 Å². The van der Waals surface area contributed by atoms with Crippen molar-refractivity contribution in [1.82, 2.24) is 0 Å². The number of hydrogen-bond donors (Lipinski definition) is 1. The standard InChI is InChI=1S/C21H27NO2/c1-14-11-15(2)13-17(12-14)22-20(23)16(3)24-19-10-8-7-9-18(19)21(4,5)6/h7-13,16H,1-6H3,(H,22,23). The summed E-state index contributed by atoms with van der Waals surface area (Å²) in [6.07, 6.45) is -0.575. The fourth-order valence-electron chi connectivity index (χ4n) is 2.72. The van der Waals surface area contributed by atoms with E-state index in [1.54, 1.807) is 6.92 Å². The number of hydrogen-bond acceptors (Lipinski definition) is 2. The molecule has 0 fully saturated rings. The summed E-state index contributed by atoms with van der Waals surface area (Å²) in [6.45, 7) is 12.2. The number of amides is 1. The number of para-hydroxylation sites is 1. The van der Waals surface area contributed by atoms with Gasteiger partial charge < -0.3 is 10.1 Å². The molecule has 0 aliphatic carbocycles. The van der Waals surface area contributed by atoms with E-state index in [9.17, 15) is 4.79 Å². The molecule has 0 aliphatic rings. The lowest BCUT2D eigenvalue weighted by Crippen LogP contribution is -2.31. The van der Waals surface area contributed by atoms with Gasteiger partial charge in [-0.1, -0.05) is 45.0 Å². The summed E-state index contributed by atoms with van der Waals surface area (Å²) < 4.78 is 5.95.